The van der Waals surface area contributed by atoms with Crippen LogP contribution in [-0.4, -0.2) is 47.9 Å². The van der Waals surface area contributed by atoms with E-state index in [0.29, 0.717) is 11.8 Å². The Bertz CT molecular complexity index is 603. The number of nitrogens with zero attached hydrogens (tertiary/aromatic N) is 3. The van der Waals surface area contributed by atoms with Gasteiger partial charge in [0.25, 0.3) is 0 Å². The summed E-state index contributed by atoms with van der Waals surface area (Å²) < 4.78 is 10.9. The van der Waals surface area contributed by atoms with Gasteiger partial charge in [-0.3, -0.25) is 0 Å². The lowest BCUT2D eigenvalue weighted by Crippen LogP contribution is -2.73. The van der Waals surface area contributed by atoms with Crippen molar-refractivity contribution < 1.29 is 14.1 Å². The minimum absolute atomic E-state index is 0.207. The van der Waals surface area contributed by atoms with Crippen molar-refractivity contribution in [2.24, 2.45) is 11.3 Å². The second-order valence-corrected chi connectivity index (χ2v) is 8.81. The number of carbonyl (C=O) groups is 1. The van der Waals surface area contributed by atoms with E-state index < -0.39 is 5.60 Å². The molecule has 0 aromatic carbocycles. The molecular formula is C18H29N3O3. The highest BCUT2D eigenvalue weighted by Crippen LogP contribution is 2.42. The topological polar surface area (TPSA) is 58.8 Å². The Morgan fingerprint density at radius 2 is 1.88 bits per heavy atom. The normalized spacial score (nSPS) is 20.8. The molecule has 1 atom stereocenters. The molecule has 134 valence electrons. The Hall–Kier alpha value is -1.72. The van der Waals surface area contributed by atoms with Gasteiger partial charge in [-0.15, -0.1) is 0 Å². The summed E-state index contributed by atoms with van der Waals surface area (Å²) in [7, 11) is 0. The first-order chi connectivity index (χ1) is 11.1. The lowest BCUT2D eigenvalue weighted by atomic mass is 9.73. The summed E-state index contributed by atoms with van der Waals surface area (Å²) in [6.07, 6.45) is -0.207. The second kappa shape index (κ2) is 5.67. The predicted molar refractivity (Wildman–Crippen MR) is 92.2 cm³/mol. The summed E-state index contributed by atoms with van der Waals surface area (Å²) in [6, 6.07) is 2.06. The lowest BCUT2D eigenvalue weighted by Gasteiger charge is -2.59. The van der Waals surface area contributed by atoms with Crippen LogP contribution in [0.15, 0.2) is 10.6 Å². The van der Waals surface area contributed by atoms with Gasteiger partial charge >= 0.3 is 6.09 Å². The summed E-state index contributed by atoms with van der Waals surface area (Å²) in [6.45, 7) is 15.6. The molecule has 6 nitrogen and oxygen atoms in total. The summed E-state index contributed by atoms with van der Waals surface area (Å²) in [5, 5.41) is 4.21. The van der Waals surface area contributed by atoms with Crippen LogP contribution >= 0.6 is 0 Å². The number of hydrogen-bond donors (Lipinski definition) is 0. The van der Waals surface area contributed by atoms with E-state index in [4.69, 9.17) is 9.26 Å². The van der Waals surface area contributed by atoms with Crippen LogP contribution in [0.3, 0.4) is 0 Å². The molecule has 3 heterocycles. The van der Waals surface area contributed by atoms with E-state index in [1.54, 1.807) is 4.90 Å². The van der Waals surface area contributed by atoms with E-state index in [0.717, 1.165) is 37.8 Å². The molecule has 1 aromatic heterocycles. The van der Waals surface area contributed by atoms with Crippen molar-refractivity contribution in [1.29, 1.82) is 0 Å². The van der Waals surface area contributed by atoms with Crippen molar-refractivity contribution in [3.8, 4) is 0 Å². The number of rotatable bonds is 3. The Kier molecular flexibility index (Phi) is 4.04. The molecule has 0 bridgehead atoms. The molecule has 2 saturated heterocycles. The van der Waals surface area contributed by atoms with E-state index in [-0.39, 0.29) is 11.5 Å². The maximum atomic E-state index is 12.0. The Labute approximate surface area is 144 Å². The predicted octanol–water partition coefficient (Wildman–Crippen LogP) is 3.49. The van der Waals surface area contributed by atoms with E-state index in [1.165, 1.54) is 0 Å². The van der Waals surface area contributed by atoms with E-state index >= 15 is 0 Å². The summed E-state index contributed by atoms with van der Waals surface area (Å²) >= 11 is 0. The second-order valence-electron chi connectivity index (χ2n) is 8.81. The minimum atomic E-state index is -0.435. The SMILES string of the molecule is CC(C)C(C)c1cc(N2CC3(CN(C(=O)OC(C)(C)C)C3)C2)no1. The molecule has 24 heavy (non-hydrogen) atoms. The third-order valence-corrected chi connectivity index (χ3v) is 5.05. The fraction of sp³-hybridized carbons (Fsp3) is 0.778. The van der Waals surface area contributed by atoms with Crippen LogP contribution in [0.2, 0.25) is 0 Å². The lowest BCUT2D eigenvalue weighted by molar-refractivity contribution is -0.0455. The van der Waals surface area contributed by atoms with Gasteiger partial charge in [0.1, 0.15) is 11.4 Å². The number of ether oxygens (including phenoxy) is 1. The number of aromatic nitrogens is 1. The molecular weight excluding hydrogens is 306 g/mol. The van der Waals surface area contributed by atoms with Crippen molar-refractivity contribution in [2.45, 2.75) is 53.1 Å². The fourth-order valence-electron chi connectivity index (χ4n) is 3.32. The van der Waals surface area contributed by atoms with Gasteiger partial charge in [-0.25, -0.2) is 4.79 Å². The van der Waals surface area contributed by atoms with Gasteiger partial charge in [-0.1, -0.05) is 25.9 Å². The van der Waals surface area contributed by atoms with Crippen LogP contribution in [0.5, 0.6) is 0 Å². The Morgan fingerprint density at radius 1 is 1.25 bits per heavy atom. The van der Waals surface area contributed by atoms with Crippen molar-refractivity contribution in [1.82, 2.24) is 10.1 Å². The molecule has 0 N–H and O–H groups in total. The number of likely N-dealkylation sites (tertiary alicyclic amines) is 1. The Morgan fingerprint density at radius 3 is 2.42 bits per heavy atom. The Balaban J connectivity index is 1.50. The number of anilines is 1. The summed E-state index contributed by atoms with van der Waals surface area (Å²) in [4.78, 5) is 16.0. The highest BCUT2D eigenvalue weighted by molar-refractivity contribution is 5.70. The highest BCUT2D eigenvalue weighted by Gasteiger charge is 2.54. The zero-order chi connectivity index (χ0) is 17.7. The van der Waals surface area contributed by atoms with Crippen molar-refractivity contribution >= 4 is 11.9 Å². The van der Waals surface area contributed by atoms with Gasteiger partial charge in [-0.05, 0) is 26.7 Å². The standard InChI is InChI=1S/C18H29N3O3/c1-12(2)13(3)14-7-15(19-24-14)20-8-18(9-20)10-21(11-18)16(22)23-17(4,5)6/h7,12-13H,8-11H2,1-6H3. The molecule has 2 aliphatic heterocycles. The van der Waals surface area contributed by atoms with Crippen LogP contribution in [0.4, 0.5) is 10.6 Å². The first kappa shape index (κ1) is 17.1. The molecule has 0 aliphatic carbocycles. The molecule has 6 heteroatoms. The number of carbonyl (C=O) groups excluding carboxylic acids is 1. The minimum Gasteiger partial charge on any atom is -0.444 e. The van der Waals surface area contributed by atoms with Gasteiger partial charge in [0.2, 0.25) is 0 Å². The molecule has 2 fully saturated rings. The van der Waals surface area contributed by atoms with E-state index in [1.807, 2.05) is 20.8 Å². The van der Waals surface area contributed by atoms with Crippen molar-refractivity contribution in [3.63, 3.8) is 0 Å². The van der Waals surface area contributed by atoms with Gasteiger partial charge in [0, 0.05) is 43.6 Å². The van der Waals surface area contributed by atoms with Gasteiger partial charge in [-0.2, -0.15) is 0 Å². The van der Waals surface area contributed by atoms with Gasteiger partial charge in [0.05, 0.1) is 0 Å². The first-order valence-electron chi connectivity index (χ1n) is 8.78. The van der Waals surface area contributed by atoms with Crippen molar-refractivity contribution in [3.05, 3.63) is 11.8 Å². The van der Waals surface area contributed by atoms with Crippen LogP contribution in [0.1, 0.15) is 53.2 Å². The van der Waals surface area contributed by atoms with Gasteiger partial charge in [0.15, 0.2) is 5.82 Å². The van der Waals surface area contributed by atoms with Crippen LogP contribution in [0.25, 0.3) is 0 Å². The maximum Gasteiger partial charge on any atom is 0.410 e. The summed E-state index contributed by atoms with van der Waals surface area (Å²) in [5.41, 5.74) is -0.227. The molecule has 1 spiro atoms. The zero-order valence-corrected chi connectivity index (χ0v) is 15.6. The smallest absolute Gasteiger partial charge is 0.410 e. The number of hydrogen-bond acceptors (Lipinski definition) is 5. The van der Waals surface area contributed by atoms with E-state index in [2.05, 4.69) is 36.9 Å². The first-order valence-corrected chi connectivity index (χ1v) is 8.78. The number of amides is 1. The average Bonchev–Trinajstić information content (AvgIpc) is 2.81. The molecule has 1 amide bonds. The monoisotopic (exact) mass is 335 g/mol. The third kappa shape index (κ3) is 3.23. The average molecular weight is 335 g/mol. The molecule has 1 aromatic rings. The molecule has 1 unspecified atom stereocenters. The van der Waals surface area contributed by atoms with Crippen LogP contribution in [-0.2, 0) is 4.74 Å². The van der Waals surface area contributed by atoms with Crippen LogP contribution in [0, 0.1) is 11.3 Å². The molecule has 0 radical (unpaired) electrons. The fourth-order valence-corrected chi connectivity index (χ4v) is 3.32. The maximum absolute atomic E-state index is 12.0. The molecule has 0 saturated carbocycles. The van der Waals surface area contributed by atoms with Gasteiger partial charge < -0.3 is 19.1 Å². The van der Waals surface area contributed by atoms with Crippen molar-refractivity contribution in [2.75, 3.05) is 31.1 Å². The quantitative estimate of drug-likeness (QED) is 0.846. The molecule has 3 rings (SSSR count). The highest BCUT2D eigenvalue weighted by atomic mass is 16.6. The van der Waals surface area contributed by atoms with E-state index in [9.17, 15) is 4.79 Å². The van der Waals surface area contributed by atoms with Crippen LogP contribution < -0.4 is 4.90 Å². The zero-order valence-electron chi connectivity index (χ0n) is 15.6. The molecule has 2 aliphatic rings. The summed E-state index contributed by atoms with van der Waals surface area (Å²) in [5.74, 6) is 2.76. The third-order valence-electron chi connectivity index (χ3n) is 5.05. The largest absolute Gasteiger partial charge is 0.444 e.